The van der Waals surface area contributed by atoms with Gasteiger partial charge in [0.1, 0.15) is 0 Å². The molecule has 0 aromatic heterocycles. The molecule has 146 valence electrons. The highest BCUT2D eigenvalue weighted by atomic mass is 32.2. The molecule has 0 spiro atoms. The number of rotatable bonds is 5. The SMILES string of the molecule is CCN(CC)C1CCC2CN(S(=O)(=O)c3ccc(C(F)(F)F)cc3)CC21. The summed E-state index contributed by atoms with van der Waals surface area (Å²) in [7, 11) is -3.76. The van der Waals surface area contributed by atoms with Gasteiger partial charge in [0.05, 0.1) is 10.5 Å². The van der Waals surface area contributed by atoms with Crippen LogP contribution in [0.1, 0.15) is 32.3 Å². The van der Waals surface area contributed by atoms with Crippen LogP contribution in [-0.2, 0) is 16.2 Å². The zero-order valence-electron chi connectivity index (χ0n) is 15.0. The lowest BCUT2D eigenvalue weighted by Crippen LogP contribution is -2.40. The Morgan fingerprint density at radius 1 is 1.08 bits per heavy atom. The van der Waals surface area contributed by atoms with E-state index >= 15 is 0 Å². The molecule has 3 unspecified atom stereocenters. The van der Waals surface area contributed by atoms with Crippen molar-refractivity contribution in [3.05, 3.63) is 29.8 Å². The molecule has 2 aliphatic rings. The average Bonchev–Trinajstić information content (AvgIpc) is 3.17. The quantitative estimate of drug-likeness (QED) is 0.773. The maximum absolute atomic E-state index is 12.9. The number of nitrogens with zero attached hydrogens (tertiary/aromatic N) is 2. The first-order valence-corrected chi connectivity index (χ1v) is 10.5. The van der Waals surface area contributed by atoms with Gasteiger partial charge in [0.15, 0.2) is 0 Å². The van der Waals surface area contributed by atoms with Crippen molar-refractivity contribution in [3.63, 3.8) is 0 Å². The number of hydrogen-bond acceptors (Lipinski definition) is 3. The van der Waals surface area contributed by atoms with Gasteiger partial charge in [0.25, 0.3) is 0 Å². The van der Waals surface area contributed by atoms with E-state index in [0.717, 1.165) is 50.2 Å². The third kappa shape index (κ3) is 3.51. The van der Waals surface area contributed by atoms with Crippen LogP contribution in [0.25, 0.3) is 0 Å². The smallest absolute Gasteiger partial charge is 0.301 e. The van der Waals surface area contributed by atoms with E-state index in [1.165, 1.54) is 4.31 Å². The Hall–Kier alpha value is -1.12. The summed E-state index contributed by atoms with van der Waals surface area (Å²) in [6, 6.07) is 4.19. The minimum Gasteiger partial charge on any atom is -0.301 e. The van der Waals surface area contributed by atoms with Crippen molar-refractivity contribution in [1.29, 1.82) is 0 Å². The average molecular weight is 390 g/mol. The second-order valence-electron chi connectivity index (χ2n) is 7.13. The number of hydrogen-bond donors (Lipinski definition) is 0. The Bertz CT molecular complexity index is 730. The van der Waals surface area contributed by atoms with Gasteiger partial charge in [-0.3, -0.25) is 0 Å². The van der Waals surface area contributed by atoms with Gasteiger partial charge in [0, 0.05) is 19.1 Å². The fraction of sp³-hybridized carbons (Fsp3) is 0.667. The van der Waals surface area contributed by atoms with Gasteiger partial charge in [-0.2, -0.15) is 17.5 Å². The van der Waals surface area contributed by atoms with E-state index in [1.807, 2.05) is 0 Å². The van der Waals surface area contributed by atoms with Gasteiger partial charge >= 0.3 is 6.18 Å². The van der Waals surface area contributed by atoms with E-state index in [9.17, 15) is 21.6 Å². The number of fused-ring (bicyclic) bond motifs is 1. The highest BCUT2D eigenvalue weighted by molar-refractivity contribution is 7.89. The van der Waals surface area contributed by atoms with E-state index in [4.69, 9.17) is 0 Å². The molecular weight excluding hydrogens is 365 g/mol. The summed E-state index contributed by atoms with van der Waals surface area (Å²) >= 11 is 0. The first-order chi connectivity index (χ1) is 12.2. The fourth-order valence-corrected chi connectivity index (χ4v) is 6.04. The van der Waals surface area contributed by atoms with E-state index < -0.39 is 21.8 Å². The van der Waals surface area contributed by atoms with Crippen LogP contribution >= 0.6 is 0 Å². The van der Waals surface area contributed by atoms with Crippen molar-refractivity contribution in [2.24, 2.45) is 11.8 Å². The van der Waals surface area contributed by atoms with Crippen molar-refractivity contribution in [3.8, 4) is 0 Å². The summed E-state index contributed by atoms with van der Waals surface area (Å²) < 4.78 is 65.3. The van der Waals surface area contributed by atoms with Crippen LogP contribution < -0.4 is 0 Å². The zero-order chi connectivity index (χ0) is 19.1. The molecule has 26 heavy (non-hydrogen) atoms. The second kappa shape index (κ2) is 7.13. The molecule has 0 radical (unpaired) electrons. The molecule has 3 rings (SSSR count). The molecule has 0 N–H and O–H groups in total. The molecule has 1 saturated heterocycles. The Kier molecular flexibility index (Phi) is 5.38. The molecular formula is C18H25F3N2O2S. The van der Waals surface area contributed by atoms with Gasteiger partial charge in [-0.15, -0.1) is 0 Å². The first-order valence-electron chi connectivity index (χ1n) is 9.10. The van der Waals surface area contributed by atoms with Gasteiger partial charge in [-0.1, -0.05) is 13.8 Å². The predicted molar refractivity (Wildman–Crippen MR) is 93.1 cm³/mol. The minimum atomic E-state index is -4.47. The number of sulfonamides is 1. The Morgan fingerprint density at radius 3 is 2.23 bits per heavy atom. The lowest BCUT2D eigenvalue weighted by atomic mass is 9.97. The van der Waals surface area contributed by atoms with Crippen molar-refractivity contribution in [2.75, 3.05) is 26.2 Å². The summed E-state index contributed by atoms with van der Waals surface area (Å²) in [6.07, 6.45) is -2.38. The van der Waals surface area contributed by atoms with Gasteiger partial charge < -0.3 is 4.90 Å². The molecule has 4 nitrogen and oxygen atoms in total. The van der Waals surface area contributed by atoms with Crippen molar-refractivity contribution in [2.45, 2.75) is 43.8 Å². The first kappa shape index (κ1) is 19.6. The molecule has 1 aromatic carbocycles. The fourth-order valence-electron chi connectivity index (χ4n) is 4.50. The highest BCUT2D eigenvalue weighted by Gasteiger charge is 2.47. The molecule has 3 atom stereocenters. The summed E-state index contributed by atoms with van der Waals surface area (Å²) in [6.45, 7) is 7.03. The molecule has 0 amide bonds. The van der Waals surface area contributed by atoms with E-state index in [1.54, 1.807) is 0 Å². The lowest BCUT2D eigenvalue weighted by molar-refractivity contribution is -0.137. The largest absolute Gasteiger partial charge is 0.416 e. The van der Waals surface area contributed by atoms with E-state index in [-0.39, 0.29) is 4.90 Å². The molecule has 2 fully saturated rings. The monoisotopic (exact) mass is 390 g/mol. The Morgan fingerprint density at radius 2 is 1.69 bits per heavy atom. The summed E-state index contributed by atoms with van der Waals surface area (Å²) in [5, 5.41) is 0. The minimum absolute atomic E-state index is 0.0649. The third-order valence-electron chi connectivity index (χ3n) is 5.89. The van der Waals surface area contributed by atoms with Gasteiger partial charge in [-0.25, -0.2) is 8.42 Å². The van der Waals surface area contributed by atoms with E-state index in [0.29, 0.717) is 31.0 Å². The Labute approximate surface area is 153 Å². The molecule has 1 aromatic rings. The molecule has 1 heterocycles. The standard InChI is InChI=1S/C18H25F3N2O2S/c1-3-22(4-2)17-10-5-13-11-23(12-16(13)17)26(24,25)15-8-6-14(7-9-15)18(19,20)21/h6-9,13,16-17H,3-5,10-12H2,1-2H3. The molecule has 0 bridgehead atoms. The zero-order valence-corrected chi connectivity index (χ0v) is 15.9. The normalized spacial score (nSPS) is 27.2. The highest BCUT2D eigenvalue weighted by Crippen LogP contribution is 2.42. The summed E-state index contributed by atoms with van der Waals surface area (Å²) in [4.78, 5) is 2.32. The van der Waals surface area contributed by atoms with Gasteiger partial charge in [0.2, 0.25) is 10.0 Å². The summed E-state index contributed by atoms with van der Waals surface area (Å²) in [5.41, 5.74) is -0.837. The second-order valence-corrected chi connectivity index (χ2v) is 9.07. The Balaban J connectivity index is 1.77. The number of halogens is 3. The van der Waals surface area contributed by atoms with E-state index in [2.05, 4.69) is 18.7 Å². The lowest BCUT2D eigenvalue weighted by Gasteiger charge is -2.31. The number of alkyl halides is 3. The molecule has 8 heteroatoms. The van der Waals surface area contributed by atoms with Crippen LogP contribution in [0.5, 0.6) is 0 Å². The summed E-state index contributed by atoms with van der Waals surface area (Å²) in [5.74, 6) is 0.643. The van der Waals surface area contributed by atoms with Crippen molar-refractivity contribution in [1.82, 2.24) is 9.21 Å². The maximum atomic E-state index is 12.9. The van der Waals surface area contributed by atoms with Gasteiger partial charge in [-0.05, 0) is 62.0 Å². The molecule has 1 aliphatic carbocycles. The number of benzene rings is 1. The topological polar surface area (TPSA) is 40.6 Å². The van der Waals surface area contributed by atoms with Crippen LogP contribution in [0, 0.1) is 11.8 Å². The van der Waals surface area contributed by atoms with Crippen LogP contribution in [0.15, 0.2) is 29.2 Å². The van der Waals surface area contributed by atoms with Crippen LogP contribution in [0.2, 0.25) is 0 Å². The molecule has 1 saturated carbocycles. The van der Waals surface area contributed by atoms with Crippen molar-refractivity contribution < 1.29 is 21.6 Å². The third-order valence-corrected chi connectivity index (χ3v) is 7.73. The maximum Gasteiger partial charge on any atom is 0.416 e. The van der Waals surface area contributed by atoms with Crippen LogP contribution in [0.3, 0.4) is 0 Å². The van der Waals surface area contributed by atoms with Crippen LogP contribution in [-0.4, -0.2) is 49.8 Å². The molecule has 1 aliphatic heterocycles. The predicted octanol–water partition coefficient (Wildman–Crippen LogP) is 3.45. The van der Waals surface area contributed by atoms with Crippen LogP contribution in [0.4, 0.5) is 13.2 Å². The van der Waals surface area contributed by atoms with Crippen molar-refractivity contribution >= 4 is 10.0 Å².